The van der Waals surface area contributed by atoms with E-state index in [-0.39, 0.29) is 22.8 Å². The number of fused-ring (bicyclic) bond motifs is 4. The van der Waals surface area contributed by atoms with Gasteiger partial charge < -0.3 is 9.55 Å². The zero-order valence-corrected chi connectivity index (χ0v) is 13.0. The first-order chi connectivity index (χ1) is 10.9. The molecule has 0 spiro atoms. The number of benzene rings is 1. The van der Waals surface area contributed by atoms with Gasteiger partial charge in [-0.25, -0.2) is 0 Å². The van der Waals surface area contributed by atoms with Gasteiger partial charge in [-0.05, 0) is 25.0 Å². The normalized spacial score (nSPS) is 13.3. The Morgan fingerprint density at radius 2 is 1.70 bits per heavy atom. The van der Waals surface area contributed by atoms with Crippen molar-refractivity contribution in [3.05, 3.63) is 68.3 Å². The lowest BCUT2D eigenvalue weighted by Gasteiger charge is -2.19. The van der Waals surface area contributed by atoms with Gasteiger partial charge in [0, 0.05) is 24.0 Å². The van der Waals surface area contributed by atoms with Crippen LogP contribution in [0.4, 0.5) is 0 Å². The number of hydrogen-bond donors (Lipinski definition) is 1. The summed E-state index contributed by atoms with van der Waals surface area (Å²) in [6.45, 7) is 3.61. The van der Waals surface area contributed by atoms with Crippen molar-refractivity contribution in [3.8, 4) is 0 Å². The van der Waals surface area contributed by atoms with Crippen molar-refractivity contribution in [1.29, 1.82) is 0 Å². The molecular formula is C18H14N2O3. The molecule has 2 heterocycles. The van der Waals surface area contributed by atoms with Crippen LogP contribution in [0.2, 0.25) is 0 Å². The SMILES string of the molecule is Cc1cc(=O)n(C)c2c1C(=O)c1[nH]c3c(C)cccc3c1C2=O. The van der Waals surface area contributed by atoms with Crippen LogP contribution in [-0.2, 0) is 7.05 Å². The third kappa shape index (κ3) is 1.59. The van der Waals surface area contributed by atoms with Gasteiger partial charge in [-0.1, -0.05) is 18.2 Å². The van der Waals surface area contributed by atoms with E-state index in [4.69, 9.17) is 0 Å². The Bertz CT molecular complexity index is 1100. The van der Waals surface area contributed by atoms with E-state index in [1.165, 1.54) is 17.7 Å². The Balaban J connectivity index is 2.18. The highest BCUT2D eigenvalue weighted by atomic mass is 16.1. The number of rotatable bonds is 0. The quantitative estimate of drug-likeness (QED) is 0.541. The van der Waals surface area contributed by atoms with Gasteiger partial charge in [0.25, 0.3) is 5.56 Å². The van der Waals surface area contributed by atoms with Gasteiger partial charge in [-0.15, -0.1) is 0 Å². The maximum Gasteiger partial charge on any atom is 0.251 e. The number of ketones is 2. The largest absolute Gasteiger partial charge is 0.351 e. The van der Waals surface area contributed by atoms with E-state index < -0.39 is 0 Å². The predicted molar refractivity (Wildman–Crippen MR) is 86.3 cm³/mol. The maximum atomic E-state index is 13.0. The van der Waals surface area contributed by atoms with E-state index in [1.807, 2.05) is 25.1 Å². The number of aromatic amines is 1. The van der Waals surface area contributed by atoms with E-state index in [0.29, 0.717) is 22.4 Å². The summed E-state index contributed by atoms with van der Waals surface area (Å²) < 4.78 is 1.26. The minimum atomic E-state index is -0.290. The number of aromatic nitrogens is 2. The van der Waals surface area contributed by atoms with Crippen LogP contribution in [0.15, 0.2) is 29.1 Å². The Kier molecular flexibility index (Phi) is 2.55. The van der Waals surface area contributed by atoms with Crippen LogP contribution in [0.5, 0.6) is 0 Å². The zero-order valence-electron chi connectivity index (χ0n) is 13.0. The maximum absolute atomic E-state index is 13.0. The molecule has 0 unspecified atom stereocenters. The van der Waals surface area contributed by atoms with E-state index in [2.05, 4.69) is 4.98 Å². The number of carbonyl (C=O) groups excluding carboxylic acids is 2. The van der Waals surface area contributed by atoms with Crippen LogP contribution in [-0.4, -0.2) is 21.1 Å². The fraction of sp³-hybridized carbons (Fsp3) is 0.167. The molecule has 5 heteroatoms. The molecule has 2 aromatic heterocycles. The number of nitrogens with zero attached hydrogens (tertiary/aromatic N) is 1. The molecule has 1 aliphatic carbocycles. The van der Waals surface area contributed by atoms with Crippen molar-refractivity contribution in [2.24, 2.45) is 7.05 Å². The standard InChI is InChI=1S/C18H14N2O3/c1-8-5-4-6-10-13-15(19-14(8)10)17(22)12-9(2)7-11(21)20(3)16(12)18(13)23/h4-7,19H,1-3H3. The molecule has 0 saturated heterocycles. The number of hydrogen-bond acceptors (Lipinski definition) is 3. The minimum absolute atomic E-state index is 0.176. The highest BCUT2D eigenvalue weighted by Gasteiger charge is 2.36. The fourth-order valence-electron chi connectivity index (χ4n) is 3.39. The van der Waals surface area contributed by atoms with Gasteiger partial charge in [0.2, 0.25) is 11.6 Å². The molecule has 0 aliphatic heterocycles. The minimum Gasteiger partial charge on any atom is -0.351 e. The summed E-state index contributed by atoms with van der Waals surface area (Å²) in [6.07, 6.45) is 0. The molecule has 0 bridgehead atoms. The third-order valence-electron chi connectivity index (χ3n) is 4.58. The molecule has 4 rings (SSSR count). The Labute approximate surface area is 131 Å². The molecule has 0 fully saturated rings. The Morgan fingerprint density at radius 3 is 2.43 bits per heavy atom. The summed E-state index contributed by atoms with van der Waals surface area (Å²) in [5.41, 5.74) is 3.16. The van der Waals surface area contributed by atoms with Gasteiger partial charge >= 0.3 is 0 Å². The molecule has 0 saturated carbocycles. The van der Waals surface area contributed by atoms with Gasteiger partial charge in [-0.3, -0.25) is 14.4 Å². The van der Waals surface area contributed by atoms with E-state index in [1.54, 1.807) is 6.92 Å². The highest BCUT2D eigenvalue weighted by Crippen LogP contribution is 2.34. The molecule has 5 nitrogen and oxygen atoms in total. The summed E-state index contributed by atoms with van der Waals surface area (Å²) >= 11 is 0. The van der Waals surface area contributed by atoms with E-state index >= 15 is 0 Å². The fourth-order valence-corrected chi connectivity index (χ4v) is 3.39. The number of H-pyrrole nitrogens is 1. The first-order valence-electron chi connectivity index (χ1n) is 7.33. The van der Waals surface area contributed by atoms with Crippen molar-refractivity contribution in [3.63, 3.8) is 0 Å². The molecule has 1 aromatic carbocycles. The average Bonchev–Trinajstić information content (AvgIpc) is 2.90. The number of carbonyl (C=O) groups is 2. The van der Waals surface area contributed by atoms with Gasteiger partial charge in [0.05, 0.1) is 16.8 Å². The second kappa shape index (κ2) is 4.29. The van der Waals surface area contributed by atoms with Crippen LogP contribution in [0.25, 0.3) is 10.9 Å². The molecule has 0 radical (unpaired) electrons. The number of para-hydroxylation sites is 1. The topological polar surface area (TPSA) is 71.9 Å². The van der Waals surface area contributed by atoms with Crippen LogP contribution in [0.1, 0.15) is 43.2 Å². The first kappa shape index (κ1) is 13.7. The summed E-state index contributed by atoms with van der Waals surface area (Å²) in [5, 5.41) is 0.720. The molecular weight excluding hydrogens is 292 g/mol. The number of nitrogens with one attached hydrogen (secondary N) is 1. The molecule has 0 atom stereocenters. The molecule has 23 heavy (non-hydrogen) atoms. The van der Waals surface area contributed by atoms with Crippen molar-refractivity contribution in [2.75, 3.05) is 0 Å². The number of pyridine rings is 1. The van der Waals surface area contributed by atoms with Crippen molar-refractivity contribution < 1.29 is 9.59 Å². The smallest absolute Gasteiger partial charge is 0.251 e. The molecule has 1 aliphatic rings. The van der Waals surface area contributed by atoms with Gasteiger partial charge in [0.1, 0.15) is 5.69 Å². The lowest BCUT2D eigenvalue weighted by atomic mass is 9.87. The summed E-state index contributed by atoms with van der Waals surface area (Å²) in [4.78, 5) is 41.1. The molecule has 1 N–H and O–H groups in total. The first-order valence-corrected chi connectivity index (χ1v) is 7.33. The Morgan fingerprint density at radius 1 is 0.957 bits per heavy atom. The monoisotopic (exact) mass is 306 g/mol. The van der Waals surface area contributed by atoms with E-state index in [9.17, 15) is 14.4 Å². The second-order valence-electron chi connectivity index (χ2n) is 5.98. The zero-order chi connectivity index (χ0) is 16.5. The average molecular weight is 306 g/mol. The summed E-state index contributed by atoms with van der Waals surface area (Å²) in [6, 6.07) is 6.99. The third-order valence-corrected chi connectivity index (χ3v) is 4.58. The molecule has 0 amide bonds. The van der Waals surface area contributed by atoms with Gasteiger partial charge in [-0.2, -0.15) is 0 Å². The lowest BCUT2D eigenvalue weighted by Crippen LogP contribution is -2.31. The van der Waals surface area contributed by atoms with Crippen molar-refractivity contribution in [1.82, 2.24) is 9.55 Å². The van der Waals surface area contributed by atoms with Crippen molar-refractivity contribution >= 4 is 22.5 Å². The molecule has 3 aromatic rings. The molecule has 114 valence electrons. The summed E-state index contributed by atoms with van der Waals surface area (Å²) in [7, 11) is 1.52. The highest BCUT2D eigenvalue weighted by molar-refractivity contribution is 6.31. The second-order valence-corrected chi connectivity index (χ2v) is 5.98. The van der Waals surface area contributed by atoms with Gasteiger partial charge in [0.15, 0.2) is 0 Å². The van der Waals surface area contributed by atoms with E-state index in [0.717, 1.165) is 16.5 Å². The lowest BCUT2D eigenvalue weighted by molar-refractivity contribution is 0.0970. The van der Waals surface area contributed by atoms with Crippen LogP contribution in [0, 0.1) is 13.8 Å². The van der Waals surface area contributed by atoms with Crippen LogP contribution in [0.3, 0.4) is 0 Å². The van der Waals surface area contributed by atoms with Crippen LogP contribution < -0.4 is 5.56 Å². The van der Waals surface area contributed by atoms with Crippen molar-refractivity contribution in [2.45, 2.75) is 13.8 Å². The predicted octanol–water partition coefficient (Wildman–Crippen LogP) is 2.26. The van der Waals surface area contributed by atoms with Crippen LogP contribution >= 0.6 is 0 Å². The summed E-state index contributed by atoms with van der Waals surface area (Å²) in [5.74, 6) is -0.520. The number of aryl methyl sites for hydroxylation is 2. The Hall–Kier alpha value is -2.95.